The van der Waals surface area contributed by atoms with Crippen molar-refractivity contribution in [1.82, 2.24) is 5.32 Å². The van der Waals surface area contributed by atoms with Crippen molar-refractivity contribution in [2.24, 2.45) is 0 Å². The van der Waals surface area contributed by atoms with Crippen LogP contribution in [0.4, 0.5) is 0 Å². The van der Waals surface area contributed by atoms with Gasteiger partial charge >= 0.3 is 11.9 Å². The van der Waals surface area contributed by atoms with E-state index in [1.54, 1.807) is 0 Å². The minimum absolute atomic E-state index is 0.352. The summed E-state index contributed by atoms with van der Waals surface area (Å²) in [6, 6.07) is 6.23. The zero-order valence-corrected chi connectivity index (χ0v) is 14.1. The predicted molar refractivity (Wildman–Crippen MR) is 81.1 cm³/mol. The first-order valence-electron chi connectivity index (χ1n) is 5.49. The molecule has 112 valence electrons. The van der Waals surface area contributed by atoms with Crippen LogP contribution >= 0.6 is 31.9 Å². The van der Waals surface area contributed by atoms with Gasteiger partial charge < -0.3 is 20.3 Å². The molecule has 0 bridgehead atoms. The molecule has 0 amide bonds. The topological polar surface area (TPSA) is 95.9 Å². The van der Waals surface area contributed by atoms with Gasteiger partial charge in [0.15, 0.2) is 0 Å². The highest BCUT2D eigenvalue weighted by Gasteiger charge is 2.04. The highest BCUT2D eigenvalue weighted by atomic mass is 79.9. The summed E-state index contributed by atoms with van der Waals surface area (Å²) in [5.74, 6) is -2.78. The van der Waals surface area contributed by atoms with Gasteiger partial charge in [-0.3, -0.25) is 0 Å². The van der Waals surface area contributed by atoms with Crippen molar-refractivity contribution in [3.8, 4) is 5.75 Å². The van der Waals surface area contributed by atoms with Crippen LogP contribution in [0.1, 0.15) is 6.92 Å². The highest BCUT2D eigenvalue weighted by molar-refractivity contribution is 9.11. The maximum Gasteiger partial charge on any atom is 0.414 e. The normalized spacial score (nSPS) is 11.0. The molecule has 1 rings (SSSR count). The largest absolute Gasteiger partial charge is 0.491 e. The number of hydrogen-bond donors (Lipinski definition) is 3. The van der Waals surface area contributed by atoms with Gasteiger partial charge in [-0.05, 0) is 48.1 Å². The maximum absolute atomic E-state index is 9.10. The van der Waals surface area contributed by atoms with E-state index in [1.807, 2.05) is 25.2 Å². The molecule has 0 heterocycles. The Kier molecular flexibility index (Phi) is 9.19. The van der Waals surface area contributed by atoms with Crippen LogP contribution in [0.5, 0.6) is 5.75 Å². The van der Waals surface area contributed by atoms with E-state index in [1.165, 1.54) is 0 Å². The Morgan fingerprint density at radius 3 is 2.25 bits per heavy atom. The van der Waals surface area contributed by atoms with Crippen LogP contribution < -0.4 is 10.1 Å². The van der Waals surface area contributed by atoms with Gasteiger partial charge in [0.2, 0.25) is 0 Å². The zero-order valence-electron chi connectivity index (χ0n) is 10.9. The number of benzene rings is 1. The second kappa shape index (κ2) is 9.73. The highest BCUT2D eigenvalue weighted by Crippen LogP contribution is 2.28. The first kappa shape index (κ1) is 18.9. The summed E-state index contributed by atoms with van der Waals surface area (Å²) >= 11 is 6.84. The second-order valence-corrected chi connectivity index (χ2v) is 5.46. The molecule has 20 heavy (non-hydrogen) atoms. The minimum Gasteiger partial charge on any atom is -0.491 e. The lowest BCUT2D eigenvalue weighted by Crippen LogP contribution is -2.28. The summed E-state index contributed by atoms with van der Waals surface area (Å²) in [5, 5.41) is 17.9. The Bertz CT molecular complexity index is 455. The molecule has 0 saturated carbocycles. The van der Waals surface area contributed by atoms with Crippen LogP contribution in [0, 0.1) is 0 Å². The van der Waals surface area contributed by atoms with Gasteiger partial charge in [-0.15, -0.1) is 0 Å². The number of nitrogens with one attached hydrogen (secondary N) is 1. The monoisotopic (exact) mass is 411 g/mol. The third-order valence-corrected chi connectivity index (χ3v) is 3.17. The zero-order chi connectivity index (χ0) is 15.7. The molecule has 0 aliphatic carbocycles. The summed E-state index contributed by atoms with van der Waals surface area (Å²) in [7, 11) is 1.92. The molecule has 6 nitrogen and oxygen atoms in total. The van der Waals surface area contributed by atoms with E-state index in [0.29, 0.717) is 12.6 Å². The molecular weight excluding hydrogens is 398 g/mol. The number of rotatable bonds is 4. The van der Waals surface area contributed by atoms with Crippen LogP contribution in [0.2, 0.25) is 0 Å². The molecule has 0 fully saturated rings. The van der Waals surface area contributed by atoms with Crippen molar-refractivity contribution >= 4 is 43.8 Å². The summed E-state index contributed by atoms with van der Waals surface area (Å²) < 4.78 is 7.62. The lowest BCUT2D eigenvalue weighted by atomic mass is 10.3. The smallest absolute Gasteiger partial charge is 0.414 e. The lowest BCUT2D eigenvalue weighted by molar-refractivity contribution is -0.159. The van der Waals surface area contributed by atoms with E-state index in [2.05, 4.69) is 44.1 Å². The Morgan fingerprint density at radius 2 is 1.85 bits per heavy atom. The molecule has 0 saturated heterocycles. The second-order valence-electron chi connectivity index (χ2n) is 3.69. The van der Waals surface area contributed by atoms with Gasteiger partial charge in [0.05, 0.1) is 4.47 Å². The van der Waals surface area contributed by atoms with Crippen molar-refractivity contribution in [3.63, 3.8) is 0 Å². The number of aliphatic carboxylic acids is 2. The fraction of sp³-hybridized carbons (Fsp3) is 0.333. The molecule has 3 N–H and O–H groups in total. The SMILES string of the molecule is CNC(C)COc1ccc(Br)cc1Br.O=C(O)C(=O)O. The molecule has 8 heteroatoms. The molecule has 1 aromatic rings. The molecular formula is C12H15Br2NO5. The summed E-state index contributed by atoms with van der Waals surface area (Å²) in [5.41, 5.74) is 0. The number of carboxylic acid groups (broad SMARTS) is 2. The van der Waals surface area contributed by atoms with Crippen LogP contribution in [-0.2, 0) is 9.59 Å². The van der Waals surface area contributed by atoms with Crippen LogP contribution in [-0.4, -0.2) is 41.8 Å². The van der Waals surface area contributed by atoms with Gasteiger partial charge in [-0.1, -0.05) is 15.9 Å². The number of carbonyl (C=O) groups is 2. The number of ether oxygens (including phenoxy) is 1. The number of carboxylic acids is 2. The number of hydrogen-bond acceptors (Lipinski definition) is 4. The summed E-state index contributed by atoms with van der Waals surface area (Å²) in [4.78, 5) is 18.2. The van der Waals surface area contributed by atoms with E-state index in [4.69, 9.17) is 24.5 Å². The van der Waals surface area contributed by atoms with Crippen molar-refractivity contribution < 1.29 is 24.5 Å². The van der Waals surface area contributed by atoms with E-state index < -0.39 is 11.9 Å². The van der Waals surface area contributed by atoms with E-state index >= 15 is 0 Å². The first-order valence-corrected chi connectivity index (χ1v) is 7.07. The molecule has 0 aromatic heterocycles. The fourth-order valence-corrected chi connectivity index (χ4v) is 2.05. The van der Waals surface area contributed by atoms with Crippen molar-refractivity contribution in [3.05, 3.63) is 27.1 Å². The maximum atomic E-state index is 9.10. The summed E-state index contributed by atoms with van der Waals surface area (Å²) in [6.07, 6.45) is 0. The van der Waals surface area contributed by atoms with E-state index in [0.717, 1.165) is 14.7 Å². The van der Waals surface area contributed by atoms with Gasteiger partial charge in [-0.25, -0.2) is 9.59 Å². The molecule has 1 atom stereocenters. The third-order valence-electron chi connectivity index (χ3n) is 2.06. The Labute approximate surface area is 133 Å². The van der Waals surface area contributed by atoms with Crippen LogP contribution in [0.25, 0.3) is 0 Å². The van der Waals surface area contributed by atoms with Crippen LogP contribution in [0.3, 0.4) is 0 Å². The average Bonchev–Trinajstić information content (AvgIpc) is 2.37. The number of halogens is 2. The average molecular weight is 413 g/mol. The fourth-order valence-electron chi connectivity index (χ4n) is 0.890. The first-order chi connectivity index (χ1) is 9.27. The number of likely N-dealkylation sites (N-methyl/N-ethyl adjacent to an activating group) is 1. The van der Waals surface area contributed by atoms with Gasteiger partial charge in [0.25, 0.3) is 0 Å². The van der Waals surface area contributed by atoms with E-state index in [-0.39, 0.29) is 0 Å². The Morgan fingerprint density at radius 1 is 1.30 bits per heavy atom. The predicted octanol–water partition coefficient (Wildman–Crippen LogP) is 2.35. The molecule has 0 spiro atoms. The van der Waals surface area contributed by atoms with Gasteiger partial charge in [-0.2, -0.15) is 0 Å². The van der Waals surface area contributed by atoms with Crippen molar-refractivity contribution in [2.45, 2.75) is 13.0 Å². The molecule has 1 unspecified atom stereocenters. The quantitative estimate of drug-likeness (QED) is 0.657. The third kappa shape index (κ3) is 8.13. The minimum atomic E-state index is -1.82. The Hall–Kier alpha value is -1.12. The summed E-state index contributed by atoms with van der Waals surface area (Å²) in [6.45, 7) is 2.74. The van der Waals surface area contributed by atoms with Crippen LogP contribution in [0.15, 0.2) is 27.1 Å². The standard InChI is InChI=1S/C10H13Br2NO.C2H2O4/c1-7(13-2)6-14-10-4-3-8(11)5-9(10)12;3-1(4)2(5)6/h3-5,7,13H,6H2,1-2H3;(H,3,4)(H,5,6). The van der Waals surface area contributed by atoms with Gasteiger partial charge in [0, 0.05) is 10.5 Å². The lowest BCUT2D eigenvalue weighted by Gasteiger charge is -2.13. The Balaban J connectivity index is 0.000000511. The molecule has 0 aliphatic rings. The van der Waals surface area contributed by atoms with Gasteiger partial charge in [0.1, 0.15) is 12.4 Å². The molecule has 1 aromatic carbocycles. The van der Waals surface area contributed by atoms with E-state index in [9.17, 15) is 0 Å². The van der Waals surface area contributed by atoms with Crippen molar-refractivity contribution in [1.29, 1.82) is 0 Å². The van der Waals surface area contributed by atoms with Crippen molar-refractivity contribution in [2.75, 3.05) is 13.7 Å². The molecule has 0 radical (unpaired) electrons. The molecule has 0 aliphatic heterocycles.